The molecule has 0 aromatic heterocycles. The average Bonchev–Trinajstić information content (AvgIpc) is 3.22. The fourth-order valence-electron chi connectivity index (χ4n) is 10.9. The molecule has 4 saturated carbocycles. The lowest BCUT2D eigenvalue weighted by molar-refractivity contribution is -0.132. The maximum atomic E-state index is 13.6. The molecule has 0 aromatic carbocycles. The van der Waals surface area contributed by atoms with Gasteiger partial charge >= 0.3 is 0 Å². The molecule has 4 aliphatic carbocycles. The molecule has 0 saturated heterocycles. The van der Waals surface area contributed by atoms with Gasteiger partial charge in [0.15, 0.2) is 9.84 Å². The molecule has 0 unspecified atom stereocenters. The van der Waals surface area contributed by atoms with E-state index in [2.05, 4.69) is 41.9 Å². The molecule has 68 heavy (non-hydrogen) atoms. The van der Waals surface area contributed by atoms with Gasteiger partial charge in [-0.2, -0.15) is 0 Å². The number of amides is 6. The van der Waals surface area contributed by atoms with E-state index in [1.54, 1.807) is 0 Å². The predicted octanol–water partition coefficient (Wildman–Crippen LogP) is 7.06. The summed E-state index contributed by atoms with van der Waals surface area (Å²) in [5, 5.41) is 22.3. The van der Waals surface area contributed by atoms with Gasteiger partial charge < -0.3 is 31.9 Å². The number of sulfone groups is 1. The number of rotatable bonds is 34. The molecule has 6 amide bonds. The number of carbonyl (C=O) groups is 6. The van der Waals surface area contributed by atoms with Crippen LogP contribution in [0.1, 0.15) is 176 Å². The molecular weight excluding hydrogens is 887 g/mol. The fraction of sp³-hybridized carbons (Fsp3) is 0.840. The number of hydrogen-bond acceptors (Lipinski definition) is 9. The number of nitrogens with zero attached hydrogens (tertiary/aromatic N) is 3. The fourth-order valence-corrected chi connectivity index (χ4v) is 11.4. The normalized spacial score (nSPS) is 21.5. The van der Waals surface area contributed by atoms with Crippen LogP contribution < -0.4 is 31.9 Å². The first kappa shape index (κ1) is 58.1. The molecule has 0 aromatic rings. The third kappa shape index (κ3) is 23.4. The Morgan fingerprint density at radius 2 is 1.10 bits per heavy atom. The molecule has 4 rings (SSSR count). The summed E-state index contributed by atoms with van der Waals surface area (Å²) in [5.74, 6) is 1.39. The summed E-state index contributed by atoms with van der Waals surface area (Å²) in [6, 6.07) is -3.06. The van der Waals surface area contributed by atoms with Crippen LogP contribution in [0, 0.1) is 40.9 Å². The maximum absolute atomic E-state index is 13.6. The Balaban J connectivity index is 1.25. The van der Waals surface area contributed by atoms with Crippen molar-refractivity contribution in [1.29, 1.82) is 0 Å². The van der Waals surface area contributed by atoms with E-state index >= 15 is 0 Å². The van der Waals surface area contributed by atoms with Crippen molar-refractivity contribution >= 4 is 45.3 Å². The van der Waals surface area contributed by atoms with Crippen LogP contribution in [0.4, 0.5) is 0 Å². The van der Waals surface area contributed by atoms with Crippen LogP contribution in [0.5, 0.6) is 0 Å². The second-order valence-corrected chi connectivity index (χ2v) is 23.7. The number of carbonyl (C=O) groups excluding carboxylic acids is 6. The topological polar surface area (TPSA) is 257 Å². The van der Waals surface area contributed by atoms with Crippen molar-refractivity contribution in [3.63, 3.8) is 0 Å². The highest BCUT2D eigenvalue weighted by Crippen LogP contribution is 2.61. The first-order valence-electron chi connectivity index (χ1n) is 25.8. The molecular formula is C50H87N9O8S. The molecule has 17 nitrogen and oxygen atoms in total. The molecule has 4 bridgehead atoms. The Morgan fingerprint density at radius 1 is 0.618 bits per heavy atom. The lowest BCUT2D eigenvalue weighted by atomic mass is 9.49. The van der Waals surface area contributed by atoms with Crippen LogP contribution >= 0.6 is 0 Å². The van der Waals surface area contributed by atoms with Gasteiger partial charge in [-0.3, -0.25) is 28.8 Å². The highest BCUT2D eigenvalue weighted by atomic mass is 32.2. The molecule has 0 aliphatic heterocycles. The summed E-state index contributed by atoms with van der Waals surface area (Å²) in [6.07, 6.45) is 18.5. The molecule has 0 spiro atoms. The SMILES string of the molecule is CC(C)C[C@@H](/C=C\S(C)(=O)=O)NC(=O)[C@H](CC(C)C)NC(=O)[C@H](CC(C)C)NC(=O)CCCCCNC(=O)CCCCCNC(=O)[C@H](CCCCNC(=O)CC12CC3CC(CC(C3)C1)C2)N=[N+]=[N-]. The lowest BCUT2D eigenvalue weighted by Crippen LogP contribution is -2.55. The van der Waals surface area contributed by atoms with Crippen molar-refractivity contribution in [2.45, 2.75) is 201 Å². The van der Waals surface area contributed by atoms with Gasteiger partial charge in [0.2, 0.25) is 35.4 Å². The van der Waals surface area contributed by atoms with Crippen molar-refractivity contribution in [2.75, 3.05) is 25.9 Å². The van der Waals surface area contributed by atoms with Crippen molar-refractivity contribution in [3.8, 4) is 0 Å². The van der Waals surface area contributed by atoms with E-state index in [4.69, 9.17) is 5.53 Å². The van der Waals surface area contributed by atoms with Crippen LogP contribution in [-0.4, -0.2) is 93.9 Å². The van der Waals surface area contributed by atoms with Gasteiger partial charge in [-0.05, 0) is 143 Å². The number of nitrogens with one attached hydrogen (secondary N) is 6. The molecule has 18 heteroatoms. The van der Waals surface area contributed by atoms with Crippen molar-refractivity contribution in [1.82, 2.24) is 31.9 Å². The lowest BCUT2D eigenvalue weighted by Gasteiger charge is -2.56. The Kier molecular flexibility index (Phi) is 25.4. The second kappa shape index (κ2) is 29.8. The Morgan fingerprint density at radius 3 is 1.63 bits per heavy atom. The monoisotopic (exact) mass is 974 g/mol. The van der Waals surface area contributed by atoms with Gasteiger partial charge in [-0.15, -0.1) is 0 Å². The van der Waals surface area contributed by atoms with Crippen molar-refractivity contribution < 1.29 is 37.2 Å². The Labute approximate surface area is 407 Å². The quantitative estimate of drug-likeness (QED) is 0.0168. The maximum Gasteiger partial charge on any atom is 0.243 e. The predicted molar refractivity (Wildman–Crippen MR) is 266 cm³/mol. The summed E-state index contributed by atoms with van der Waals surface area (Å²) < 4.78 is 23.5. The minimum Gasteiger partial charge on any atom is -0.356 e. The van der Waals surface area contributed by atoms with Crippen LogP contribution in [0.25, 0.3) is 10.4 Å². The molecule has 4 fully saturated rings. The van der Waals surface area contributed by atoms with Crippen LogP contribution in [0.3, 0.4) is 0 Å². The van der Waals surface area contributed by atoms with E-state index in [9.17, 15) is 37.2 Å². The van der Waals surface area contributed by atoms with Crippen LogP contribution in [0.15, 0.2) is 16.6 Å². The Hall–Kier alpha value is -4.18. The van der Waals surface area contributed by atoms with E-state index < -0.39 is 45.8 Å². The van der Waals surface area contributed by atoms with Crippen molar-refractivity contribution in [3.05, 3.63) is 21.9 Å². The van der Waals surface area contributed by atoms with Gasteiger partial charge in [-0.25, -0.2) is 8.42 Å². The Bertz CT molecular complexity index is 1800. The first-order valence-corrected chi connectivity index (χ1v) is 27.7. The third-order valence-corrected chi connectivity index (χ3v) is 14.2. The number of hydrogen-bond donors (Lipinski definition) is 6. The summed E-state index contributed by atoms with van der Waals surface area (Å²) in [5.41, 5.74) is 9.25. The first-order chi connectivity index (χ1) is 32.2. The van der Waals surface area contributed by atoms with E-state index in [0.29, 0.717) is 103 Å². The molecule has 386 valence electrons. The minimum absolute atomic E-state index is 0.0630. The largest absolute Gasteiger partial charge is 0.356 e. The second-order valence-electron chi connectivity index (χ2n) is 21.8. The average molecular weight is 974 g/mol. The highest BCUT2D eigenvalue weighted by Gasteiger charge is 2.51. The standard InChI is InChI=1S/C50H87N9O8S/c1-34(2)24-40(19-23-68(7,66)67)55-48(64)43(26-36(5)6)57-49(65)42(25-35(3)4)56-45(61)18-11-9-13-20-52-44(60)17-10-8-14-22-54-47(63)41(58-59-51)16-12-15-21-53-46(62)33-50-30-37-27-38(31-50)29-39(28-37)32-50/h19,23,34-43H,8-18,20-22,24-33H2,1-7H3,(H,52,60)(H,53,62)(H,54,63)(H,55,64)(H,56,61)(H,57,65)/b23-19-/t37?,38?,39?,40-,41+,42+,43+,50?/m1/s1. The zero-order chi connectivity index (χ0) is 50.3. The van der Waals surface area contributed by atoms with Gasteiger partial charge in [0.05, 0.1) is 0 Å². The van der Waals surface area contributed by atoms with E-state index in [1.807, 2.05) is 41.5 Å². The smallest absolute Gasteiger partial charge is 0.243 e. The zero-order valence-corrected chi connectivity index (χ0v) is 43.2. The molecule has 0 radical (unpaired) electrons. The summed E-state index contributed by atoms with van der Waals surface area (Å²) in [6.45, 7) is 13.2. The molecule has 6 N–H and O–H groups in total. The number of unbranched alkanes of at least 4 members (excludes halogenated alkanes) is 5. The van der Waals surface area contributed by atoms with Gasteiger partial charge in [-0.1, -0.05) is 72.0 Å². The van der Waals surface area contributed by atoms with Crippen LogP contribution in [0.2, 0.25) is 0 Å². The summed E-state index contributed by atoms with van der Waals surface area (Å²) >= 11 is 0. The van der Waals surface area contributed by atoms with E-state index in [-0.39, 0.29) is 53.2 Å². The van der Waals surface area contributed by atoms with Gasteiger partial charge in [0.1, 0.15) is 18.1 Å². The molecule has 4 aliphatic rings. The number of azide groups is 1. The summed E-state index contributed by atoms with van der Waals surface area (Å²) in [7, 11) is -3.40. The minimum atomic E-state index is -3.40. The van der Waals surface area contributed by atoms with Crippen molar-refractivity contribution in [2.24, 2.45) is 46.0 Å². The molecule has 0 heterocycles. The molecule has 4 atom stereocenters. The highest BCUT2D eigenvalue weighted by molar-refractivity contribution is 7.93. The summed E-state index contributed by atoms with van der Waals surface area (Å²) in [4.78, 5) is 80.9. The zero-order valence-electron chi connectivity index (χ0n) is 42.4. The van der Waals surface area contributed by atoms with Crippen LogP contribution in [-0.2, 0) is 38.6 Å². The van der Waals surface area contributed by atoms with E-state index in [0.717, 1.165) is 35.8 Å². The van der Waals surface area contributed by atoms with Gasteiger partial charge in [0, 0.05) is 61.5 Å². The van der Waals surface area contributed by atoms with E-state index in [1.165, 1.54) is 44.6 Å². The third-order valence-electron chi connectivity index (χ3n) is 13.5. The van der Waals surface area contributed by atoms with Gasteiger partial charge in [0.25, 0.3) is 0 Å².